The Labute approximate surface area is 132 Å². The van der Waals surface area contributed by atoms with E-state index in [1.165, 1.54) is 16.2 Å². The standard InChI is InChI=1S/C14H23N2O2.HI/c1-7-11-10-12(18-14(17)15(2)3)8-9-13(11)16(4,5)6;/h8-10H,7H2,1-6H3;1H/q+1;/p-1. The van der Waals surface area contributed by atoms with Crippen molar-refractivity contribution >= 4 is 11.8 Å². The fraction of sp³-hybridized carbons (Fsp3) is 0.500. The number of hydrogen-bond donors (Lipinski definition) is 0. The molecule has 0 spiro atoms. The van der Waals surface area contributed by atoms with E-state index in [4.69, 9.17) is 4.74 Å². The summed E-state index contributed by atoms with van der Waals surface area (Å²) in [5, 5.41) is 0. The van der Waals surface area contributed by atoms with E-state index in [1.807, 2.05) is 18.2 Å². The minimum Gasteiger partial charge on any atom is -1.00 e. The number of aryl methyl sites for hydroxylation is 1. The number of rotatable bonds is 3. The molecule has 0 aliphatic rings. The molecule has 19 heavy (non-hydrogen) atoms. The molecule has 1 aromatic rings. The summed E-state index contributed by atoms with van der Waals surface area (Å²) in [6, 6.07) is 5.82. The maximum absolute atomic E-state index is 11.5. The molecule has 0 N–H and O–H groups in total. The van der Waals surface area contributed by atoms with E-state index in [1.54, 1.807) is 14.1 Å². The van der Waals surface area contributed by atoms with Crippen LogP contribution in [0.5, 0.6) is 5.75 Å². The molecular formula is C14H23IN2O2. The van der Waals surface area contributed by atoms with Crippen LogP contribution in [0.15, 0.2) is 18.2 Å². The van der Waals surface area contributed by atoms with Crippen molar-refractivity contribution in [1.29, 1.82) is 0 Å². The Morgan fingerprint density at radius 3 is 2.26 bits per heavy atom. The summed E-state index contributed by atoms with van der Waals surface area (Å²) in [5.74, 6) is 0.600. The van der Waals surface area contributed by atoms with Crippen LogP contribution in [0.2, 0.25) is 0 Å². The second-order valence-electron chi connectivity index (χ2n) is 5.42. The molecule has 1 rings (SSSR count). The van der Waals surface area contributed by atoms with Crippen LogP contribution >= 0.6 is 0 Å². The number of carbonyl (C=O) groups is 1. The lowest BCUT2D eigenvalue weighted by Gasteiger charge is -2.26. The lowest BCUT2D eigenvalue weighted by atomic mass is 10.1. The minimum atomic E-state index is -0.352. The van der Waals surface area contributed by atoms with Crippen LogP contribution in [0.3, 0.4) is 0 Å². The van der Waals surface area contributed by atoms with Gasteiger partial charge < -0.3 is 33.6 Å². The van der Waals surface area contributed by atoms with Crippen molar-refractivity contribution in [2.75, 3.05) is 35.2 Å². The van der Waals surface area contributed by atoms with E-state index >= 15 is 0 Å². The number of nitrogens with zero attached hydrogens (tertiary/aromatic N) is 2. The van der Waals surface area contributed by atoms with Gasteiger partial charge in [0.15, 0.2) is 0 Å². The van der Waals surface area contributed by atoms with Gasteiger partial charge in [-0.2, -0.15) is 0 Å². The molecule has 0 heterocycles. The zero-order valence-corrected chi connectivity index (χ0v) is 14.7. The van der Waals surface area contributed by atoms with Crippen molar-refractivity contribution in [3.8, 4) is 5.75 Å². The Balaban J connectivity index is 0.00000324. The fourth-order valence-corrected chi connectivity index (χ4v) is 1.76. The maximum atomic E-state index is 11.5. The number of quaternary nitrogens is 1. The van der Waals surface area contributed by atoms with Crippen molar-refractivity contribution in [3.63, 3.8) is 0 Å². The van der Waals surface area contributed by atoms with Crippen LogP contribution in [0.4, 0.5) is 10.5 Å². The maximum Gasteiger partial charge on any atom is 0.414 e. The van der Waals surface area contributed by atoms with E-state index in [2.05, 4.69) is 28.1 Å². The minimum absolute atomic E-state index is 0. The van der Waals surface area contributed by atoms with Crippen molar-refractivity contribution < 1.29 is 33.5 Å². The van der Waals surface area contributed by atoms with Gasteiger partial charge in [-0.3, -0.25) is 4.48 Å². The molecule has 0 fully saturated rings. The molecule has 0 bridgehead atoms. The molecule has 0 aliphatic carbocycles. The molecule has 1 amide bonds. The summed E-state index contributed by atoms with van der Waals surface area (Å²) in [5.41, 5.74) is 2.44. The Morgan fingerprint density at radius 1 is 1.26 bits per heavy atom. The predicted molar refractivity (Wildman–Crippen MR) is 75.1 cm³/mol. The highest BCUT2D eigenvalue weighted by Crippen LogP contribution is 2.27. The molecule has 0 saturated carbocycles. The second kappa shape index (κ2) is 7.09. The van der Waals surface area contributed by atoms with Gasteiger partial charge in [0.1, 0.15) is 11.4 Å². The number of amides is 1. The number of ether oxygens (including phenoxy) is 1. The Kier molecular flexibility index (Phi) is 6.79. The van der Waals surface area contributed by atoms with Crippen molar-refractivity contribution in [2.45, 2.75) is 13.3 Å². The third kappa shape index (κ3) is 4.99. The van der Waals surface area contributed by atoms with Gasteiger partial charge in [0, 0.05) is 25.7 Å². The first-order valence-corrected chi connectivity index (χ1v) is 6.09. The van der Waals surface area contributed by atoms with Gasteiger partial charge in [0.05, 0.1) is 21.1 Å². The molecular weight excluding hydrogens is 355 g/mol. The predicted octanol–water partition coefficient (Wildman–Crippen LogP) is -0.490. The van der Waals surface area contributed by atoms with Crippen LogP contribution < -0.4 is 33.2 Å². The zero-order chi connectivity index (χ0) is 13.9. The number of carbonyl (C=O) groups excluding carboxylic acids is 1. The van der Waals surface area contributed by atoms with Crippen molar-refractivity contribution in [2.24, 2.45) is 0 Å². The largest absolute Gasteiger partial charge is 1.00 e. The van der Waals surface area contributed by atoms with Crippen LogP contribution in [0.25, 0.3) is 0 Å². The van der Waals surface area contributed by atoms with E-state index in [-0.39, 0.29) is 30.1 Å². The quantitative estimate of drug-likeness (QED) is 0.525. The Bertz CT molecular complexity index is 440. The summed E-state index contributed by atoms with van der Waals surface area (Å²) in [6.07, 6.45) is 0.563. The highest BCUT2D eigenvalue weighted by atomic mass is 127. The molecule has 5 heteroatoms. The summed E-state index contributed by atoms with van der Waals surface area (Å²) < 4.78 is 6.02. The van der Waals surface area contributed by atoms with Gasteiger partial charge in [-0.1, -0.05) is 6.92 Å². The first kappa shape index (κ1) is 18.2. The van der Waals surface area contributed by atoms with Gasteiger partial charge in [0.25, 0.3) is 0 Å². The van der Waals surface area contributed by atoms with Gasteiger partial charge in [-0.05, 0) is 18.6 Å². The molecule has 0 unspecified atom stereocenters. The molecule has 108 valence electrons. The molecule has 0 atom stereocenters. The lowest BCUT2D eigenvalue weighted by molar-refractivity contribution is -0.00000926. The normalized spacial score (nSPS) is 10.6. The molecule has 4 nitrogen and oxygen atoms in total. The highest BCUT2D eigenvalue weighted by molar-refractivity contribution is 5.70. The smallest absolute Gasteiger partial charge is 0.414 e. The van der Waals surface area contributed by atoms with Gasteiger partial charge in [-0.15, -0.1) is 0 Å². The summed E-state index contributed by atoms with van der Waals surface area (Å²) in [7, 11) is 9.72. The molecule has 0 aliphatic heterocycles. The number of hydrogen-bond acceptors (Lipinski definition) is 2. The van der Waals surface area contributed by atoms with Crippen molar-refractivity contribution in [3.05, 3.63) is 23.8 Å². The van der Waals surface area contributed by atoms with Crippen molar-refractivity contribution in [1.82, 2.24) is 9.38 Å². The van der Waals surface area contributed by atoms with Crippen LogP contribution in [-0.2, 0) is 6.42 Å². The van der Waals surface area contributed by atoms with E-state index in [9.17, 15) is 4.79 Å². The van der Waals surface area contributed by atoms with Gasteiger partial charge >= 0.3 is 6.09 Å². The summed E-state index contributed by atoms with van der Waals surface area (Å²) >= 11 is 0. The number of halogens is 1. The third-order valence-corrected chi connectivity index (χ3v) is 2.72. The summed E-state index contributed by atoms with van der Waals surface area (Å²) in [4.78, 5) is 12.9. The van der Waals surface area contributed by atoms with Gasteiger partial charge in [0.2, 0.25) is 0 Å². The molecule has 0 aromatic heterocycles. The van der Waals surface area contributed by atoms with Crippen LogP contribution in [-0.4, -0.2) is 46.2 Å². The molecule has 1 aromatic carbocycles. The van der Waals surface area contributed by atoms with Gasteiger partial charge in [-0.25, -0.2) is 4.79 Å². The molecule has 0 saturated heterocycles. The monoisotopic (exact) mass is 378 g/mol. The average molecular weight is 378 g/mol. The van der Waals surface area contributed by atoms with E-state index in [0.29, 0.717) is 5.75 Å². The first-order valence-electron chi connectivity index (χ1n) is 6.09. The van der Waals surface area contributed by atoms with Crippen LogP contribution in [0.1, 0.15) is 12.5 Å². The van der Waals surface area contributed by atoms with E-state index in [0.717, 1.165) is 10.9 Å². The Hall–Kier alpha value is -0.820. The molecule has 0 radical (unpaired) electrons. The third-order valence-electron chi connectivity index (χ3n) is 2.72. The SMILES string of the molecule is CCc1cc(OC(=O)N(C)C)ccc1[N+](C)(C)C.[I-]. The Morgan fingerprint density at radius 2 is 1.84 bits per heavy atom. The highest BCUT2D eigenvalue weighted by Gasteiger charge is 2.18. The van der Waals surface area contributed by atoms with E-state index < -0.39 is 0 Å². The average Bonchev–Trinajstić information content (AvgIpc) is 2.27. The first-order chi connectivity index (χ1) is 8.25. The summed E-state index contributed by atoms with van der Waals surface area (Å²) in [6.45, 7) is 2.10. The fourth-order valence-electron chi connectivity index (χ4n) is 1.76. The lowest BCUT2D eigenvalue weighted by Crippen LogP contribution is -3.00. The topological polar surface area (TPSA) is 29.5 Å². The number of benzene rings is 1. The van der Waals surface area contributed by atoms with Crippen LogP contribution in [0, 0.1) is 0 Å². The second-order valence-corrected chi connectivity index (χ2v) is 5.42. The zero-order valence-electron chi connectivity index (χ0n) is 12.5.